The van der Waals surface area contributed by atoms with Gasteiger partial charge in [-0.05, 0) is 32.3 Å². The van der Waals surface area contributed by atoms with E-state index in [1.165, 1.54) is 0 Å². The Morgan fingerprint density at radius 3 is 2.47 bits per heavy atom. The molecule has 0 saturated carbocycles. The van der Waals surface area contributed by atoms with Crippen molar-refractivity contribution in [2.24, 2.45) is 0 Å². The third-order valence-electron chi connectivity index (χ3n) is 2.92. The molecular formula is C14H21NOS. The molecule has 3 heteroatoms. The Morgan fingerprint density at radius 2 is 1.94 bits per heavy atom. The Balaban J connectivity index is 2.54. The highest BCUT2D eigenvalue weighted by Crippen LogP contribution is 2.12. The molecule has 0 radical (unpaired) electrons. The maximum atomic E-state index is 11.9. The smallest absolute Gasteiger partial charge is 0.233 e. The van der Waals surface area contributed by atoms with Gasteiger partial charge >= 0.3 is 0 Å². The zero-order valence-corrected chi connectivity index (χ0v) is 11.6. The molecule has 1 unspecified atom stereocenters. The van der Waals surface area contributed by atoms with Crippen LogP contribution in [0.15, 0.2) is 30.3 Å². The summed E-state index contributed by atoms with van der Waals surface area (Å²) in [6.45, 7) is 6.10. The molecule has 17 heavy (non-hydrogen) atoms. The molecular weight excluding hydrogens is 230 g/mol. The van der Waals surface area contributed by atoms with Crippen LogP contribution in [0.25, 0.3) is 0 Å². The molecule has 1 atom stereocenters. The maximum absolute atomic E-state index is 11.9. The van der Waals surface area contributed by atoms with Crippen molar-refractivity contribution >= 4 is 18.5 Å². The van der Waals surface area contributed by atoms with Crippen molar-refractivity contribution in [1.29, 1.82) is 0 Å². The van der Waals surface area contributed by atoms with Gasteiger partial charge in [-0.15, -0.1) is 0 Å². The van der Waals surface area contributed by atoms with Crippen molar-refractivity contribution in [3.8, 4) is 0 Å². The van der Waals surface area contributed by atoms with E-state index < -0.39 is 0 Å². The first-order chi connectivity index (χ1) is 7.94. The Bertz CT molecular complexity index is 362. The summed E-state index contributed by atoms with van der Waals surface area (Å²) < 4.78 is 0. The lowest BCUT2D eigenvalue weighted by Crippen LogP contribution is -2.46. The average molecular weight is 251 g/mol. The van der Waals surface area contributed by atoms with E-state index in [9.17, 15) is 4.79 Å². The number of benzene rings is 1. The van der Waals surface area contributed by atoms with E-state index in [2.05, 4.69) is 24.9 Å². The predicted octanol–water partition coefficient (Wildman–Crippen LogP) is 2.83. The summed E-state index contributed by atoms with van der Waals surface area (Å²) in [5.74, 6) is 0.00374. The Hall–Kier alpha value is -0.960. The maximum Gasteiger partial charge on any atom is 0.233 e. The third kappa shape index (κ3) is 4.82. The molecule has 0 bridgehead atoms. The second-order valence-electron chi connectivity index (χ2n) is 4.93. The molecule has 0 heterocycles. The molecule has 0 saturated heterocycles. The van der Waals surface area contributed by atoms with Gasteiger partial charge in [0, 0.05) is 5.54 Å². The van der Waals surface area contributed by atoms with Crippen LogP contribution in [0.2, 0.25) is 0 Å². The van der Waals surface area contributed by atoms with Crippen LogP contribution in [0.5, 0.6) is 0 Å². The van der Waals surface area contributed by atoms with E-state index in [4.69, 9.17) is 0 Å². The molecule has 94 valence electrons. The van der Waals surface area contributed by atoms with Crippen molar-refractivity contribution < 1.29 is 4.79 Å². The molecule has 0 aliphatic heterocycles. The topological polar surface area (TPSA) is 29.1 Å². The van der Waals surface area contributed by atoms with Crippen LogP contribution in [-0.4, -0.2) is 16.7 Å². The standard InChI is InChI=1S/C14H21NOS/c1-4-14(2,3)15-13(16)12(17)10-11-8-6-5-7-9-11/h5-9,12,17H,4,10H2,1-3H3,(H,15,16). The predicted molar refractivity (Wildman–Crippen MR) is 75.4 cm³/mol. The minimum atomic E-state index is -0.289. The van der Waals surface area contributed by atoms with Gasteiger partial charge in [-0.1, -0.05) is 37.3 Å². The van der Waals surface area contributed by atoms with Crippen LogP contribution in [0, 0.1) is 0 Å². The van der Waals surface area contributed by atoms with Gasteiger partial charge in [0.1, 0.15) is 0 Å². The van der Waals surface area contributed by atoms with Gasteiger partial charge in [-0.2, -0.15) is 12.6 Å². The molecule has 0 aliphatic carbocycles. The molecule has 0 fully saturated rings. The minimum Gasteiger partial charge on any atom is -0.350 e. The normalized spacial score (nSPS) is 13.2. The first-order valence-corrected chi connectivity index (χ1v) is 6.50. The van der Waals surface area contributed by atoms with Gasteiger partial charge in [0.2, 0.25) is 5.91 Å². The number of hydrogen-bond donors (Lipinski definition) is 2. The highest BCUT2D eigenvalue weighted by molar-refractivity contribution is 7.81. The van der Waals surface area contributed by atoms with Crippen LogP contribution < -0.4 is 5.32 Å². The lowest BCUT2D eigenvalue weighted by molar-refractivity contribution is -0.122. The van der Waals surface area contributed by atoms with E-state index in [1.54, 1.807) is 0 Å². The molecule has 0 aromatic heterocycles. The van der Waals surface area contributed by atoms with Crippen LogP contribution >= 0.6 is 12.6 Å². The quantitative estimate of drug-likeness (QED) is 0.774. The van der Waals surface area contributed by atoms with E-state index in [-0.39, 0.29) is 16.7 Å². The average Bonchev–Trinajstić information content (AvgIpc) is 2.30. The minimum absolute atomic E-state index is 0.00374. The number of carbonyl (C=O) groups excluding carboxylic acids is 1. The van der Waals surface area contributed by atoms with Crippen molar-refractivity contribution in [2.45, 2.75) is 44.4 Å². The van der Waals surface area contributed by atoms with Crippen molar-refractivity contribution in [2.75, 3.05) is 0 Å². The Morgan fingerprint density at radius 1 is 1.35 bits per heavy atom. The van der Waals surface area contributed by atoms with Gasteiger partial charge in [0.15, 0.2) is 0 Å². The molecule has 1 N–H and O–H groups in total. The molecule has 1 aromatic rings. The van der Waals surface area contributed by atoms with E-state index >= 15 is 0 Å². The summed E-state index contributed by atoms with van der Waals surface area (Å²) in [5.41, 5.74) is 0.978. The van der Waals surface area contributed by atoms with Crippen LogP contribution in [0.3, 0.4) is 0 Å². The fourth-order valence-corrected chi connectivity index (χ4v) is 1.71. The number of nitrogens with one attached hydrogen (secondary N) is 1. The lowest BCUT2D eigenvalue weighted by Gasteiger charge is -2.26. The fourth-order valence-electron chi connectivity index (χ4n) is 1.44. The van der Waals surface area contributed by atoms with Crippen LogP contribution in [0.4, 0.5) is 0 Å². The summed E-state index contributed by atoms with van der Waals surface area (Å²) in [6.07, 6.45) is 1.57. The summed E-state index contributed by atoms with van der Waals surface area (Å²) in [5, 5.41) is 2.72. The summed E-state index contributed by atoms with van der Waals surface area (Å²) in [6, 6.07) is 9.95. The summed E-state index contributed by atoms with van der Waals surface area (Å²) in [4.78, 5) is 11.9. The third-order valence-corrected chi connectivity index (χ3v) is 3.34. The first kappa shape index (κ1) is 14.1. The molecule has 2 nitrogen and oxygen atoms in total. The number of amides is 1. The zero-order chi connectivity index (χ0) is 12.9. The largest absolute Gasteiger partial charge is 0.350 e. The number of hydrogen-bond acceptors (Lipinski definition) is 2. The first-order valence-electron chi connectivity index (χ1n) is 5.98. The second-order valence-corrected chi connectivity index (χ2v) is 5.56. The Labute approximate surface area is 109 Å². The van der Waals surface area contributed by atoms with Gasteiger partial charge in [-0.25, -0.2) is 0 Å². The van der Waals surface area contributed by atoms with Crippen molar-refractivity contribution in [3.63, 3.8) is 0 Å². The molecule has 1 amide bonds. The van der Waals surface area contributed by atoms with E-state index in [1.807, 2.05) is 44.2 Å². The van der Waals surface area contributed by atoms with Crippen LogP contribution in [0.1, 0.15) is 32.8 Å². The number of carbonyl (C=O) groups is 1. The highest BCUT2D eigenvalue weighted by atomic mass is 32.1. The zero-order valence-electron chi connectivity index (χ0n) is 10.7. The summed E-state index contributed by atoms with van der Waals surface area (Å²) in [7, 11) is 0. The van der Waals surface area contributed by atoms with E-state index in [0.717, 1.165) is 12.0 Å². The highest BCUT2D eigenvalue weighted by Gasteiger charge is 2.22. The number of rotatable bonds is 5. The molecule has 0 aliphatic rings. The number of thiol groups is 1. The van der Waals surface area contributed by atoms with Crippen molar-refractivity contribution in [1.82, 2.24) is 5.32 Å². The van der Waals surface area contributed by atoms with E-state index in [0.29, 0.717) is 6.42 Å². The lowest BCUT2D eigenvalue weighted by atomic mass is 10.0. The second kappa shape index (κ2) is 6.10. The van der Waals surface area contributed by atoms with Gasteiger partial charge in [0.05, 0.1) is 5.25 Å². The fraction of sp³-hybridized carbons (Fsp3) is 0.500. The van der Waals surface area contributed by atoms with Gasteiger partial charge < -0.3 is 5.32 Å². The molecule has 0 spiro atoms. The SMILES string of the molecule is CCC(C)(C)NC(=O)C(S)Cc1ccccc1. The monoisotopic (exact) mass is 251 g/mol. The van der Waals surface area contributed by atoms with Crippen molar-refractivity contribution in [3.05, 3.63) is 35.9 Å². The molecule has 1 aromatic carbocycles. The Kier molecular flexibility index (Phi) is 5.06. The summed E-state index contributed by atoms with van der Waals surface area (Å²) >= 11 is 4.38. The van der Waals surface area contributed by atoms with Gasteiger partial charge in [-0.3, -0.25) is 4.79 Å². The van der Waals surface area contributed by atoms with Crippen LogP contribution in [-0.2, 0) is 11.2 Å². The van der Waals surface area contributed by atoms with Gasteiger partial charge in [0.25, 0.3) is 0 Å². The molecule has 1 rings (SSSR count).